The van der Waals surface area contributed by atoms with Crippen LogP contribution < -0.4 is 5.32 Å². The molecule has 0 aliphatic carbocycles. The van der Waals surface area contributed by atoms with Gasteiger partial charge in [0.25, 0.3) is 0 Å². The summed E-state index contributed by atoms with van der Waals surface area (Å²) in [4.78, 5) is 11.4. The molecule has 19 heavy (non-hydrogen) atoms. The van der Waals surface area contributed by atoms with E-state index in [-0.39, 0.29) is 25.0 Å². The lowest BCUT2D eigenvalue weighted by molar-refractivity contribution is -0.139. The van der Waals surface area contributed by atoms with E-state index in [0.29, 0.717) is 12.5 Å². The van der Waals surface area contributed by atoms with Gasteiger partial charge in [-0.2, -0.15) is 0 Å². The number of ether oxygens (including phenoxy) is 1. The summed E-state index contributed by atoms with van der Waals surface area (Å²) in [5.74, 6) is 0.118. The molecular formula is C15H23NO3. The van der Waals surface area contributed by atoms with Gasteiger partial charge in [-0.1, -0.05) is 38.1 Å². The fraction of sp³-hybridized carbons (Fsp3) is 0.533. The lowest BCUT2D eigenvalue weighted by atomic mass is 10.0. The topological polar surface area (TPSA) is 58.6 Å². The van der Waals surface area contributed by atoms with E-state index in [9.17, 15) is 9.90 Å². The van der Waals surface area contributed by atoms with Crippen molar-refractivity contribution in [2.45, 2.75) is 32.9 Å². The smallest absolute Gasteiger partial charge is 0.309 e. The molecule has 1 aromatic carbocycles. The van der Waals surface area contributed by atoms with Crippen LogP contribution in [0, 0.1) is 5.92 Å². The number of hydrogen-bond donors (Lipinski definition) is 2. The Labute approximate surface area is 114 Å². The molecule has 0 aromatic heterocycles. The first kappa shape index (κ1) is 15.7. The van der Waals surface area contributed by atoms with Crippen LogP contribution in [-0.2, 0) is 22.5 Å². The molecular weight excluding hydrogens is 242 g/mol. The summed E-state index contributed by atoms with van der Waals surface area (Å²) < 4.78 is 4.69. The molecule has 1 unspecified atom stereocenters. The van der Waals surface area contributed by atoms with Gasteiger partial charge in [-0.25, -0.2) is 0 Å². The highest BCUT2D eigenvalue weighted by Gasteiger charge is 2.13. The molecule has 0 aliphatic rings. The summed E-state index contributed by atoms with van der Waals surface area (Å²) in [5.41, 5.74) is 2.02. The van der Waals surface area contributed by atoms with Gasteiger partial charge < -0.3 is 15.2 Å². The molecule has 0 spiro atoms. The molecule has 0 bridgehead atoms. The minimum Gasteiger partial charge on any atom is -0.469 e. The van der Waals surface area contributed by atoms with Crippen LogP contribution in [0.4, 0.5) is 0 Å². The number of nitrogens with one attached hydrogen (secondary N) is 1. The summed E-state index contributed by atoms with van der Waals surface area (Å²) in [7, 11) is 1.39. The highest BCUT2D eigenvalue weighted by Crippen LogP contribution is 2.11. The minimum absolute atomic E-state index is 0.0613. The Balaban J connectivity index is 2.69. The van der Waals surface area contributed by atoms with E-state index in [0.717, 1.165) is 11.1 Å². The van der Waals surface area contributed by atoms with Crippen molar-refractivity contribution in [2.75, 3.05) is 13.7 Å². The zero-order chi connectivity index (χ0) is 14.3. The predicted molar refractivity (Wildman–Crippen MR) is 74.7 cm³/mol. The molecule has 0 radical (unpaired) electrons. The van der Waals surface area contributed by atoms with Crippen LogP contribution in [0.1, 0.15) is 25.0 Å². The molecule has 0 fully saturated rings. The lowest BCUT2D eigenvalue weighted by Crippen LogP contribution is -2.36. The lowest BCUT2D eigenvalue weighted by Gasteiger charge is -2.20. The number of methoxy groups -OCH3 is 1. The molecule has 1 rings (SSSR count). The number of aliphatic hydroxyl groups excluding tert-OH is 1. The van der Waals surface area contributed by atoms with Crippen molar-refractivity contribution in [2.24, 2.45) is 5.92 Å². The fourth-order valence-electron chi connectivity index (χ4n) is 1.88. The van der Waals surface area contributed by atoms with Crippen LogP contribution >= 0.6 is 0 Å². The third-order valence-electron chi connectivity index (χ3n) is 3.24. The highest BCUT2D eigenvalue weighted by molar-refractivity contribution is 5.72. The van der Waals surface area contributed by atoms with Gasteiger partial charge in [-0.15, -0.1) is 0 Å². The number of carbonyl (C=O) groups excluding carboxylic acids is 1. The third kappa shape index (κ3) is 5.01. The van der Waals surface area contributed by atoms with Crippen molar-refractivity contribution >= 4 is 5.97 Å². The summed E-state index contributed by atoms with van der Waals surface area (Å²) in [6.45, 7) is 4.87. The Morgan fingerprint density at radius 2 is 1.95 bits per heavy atom. The van der Waals surface area contributed by atoms with E-state index in [4.69, 9.17) is 4.74 Å². The van der Waals surface area contributed by atoms with Crippen molar-refractivity contribution in [1.82, 2.24) is 5.32 Å². The van der Waals surface area contributed by atoms with Gasteiger partial charge in [-0.3, -0.25) is 4.79 Å². The molecule has 1 atom stereocenters. The van der Waals surface area contributed by atoms with E-state index in [1.807, 2.05) is 24.3 Å². The summed E-state index contributed by atoms with van der Waals surface area (Å²) in [5, 5.41) is 12.6. The largest absolute Gasteiger partial charge is 0.469 e. The van der Waals surface area contributed by atoms with E-state index >= 15 is 0 Å². The van der Waals surface area contributed by atoms with Gasteiger partial charge in [-0.05, 0) is 17.0 Å². The van der Waals surface area contributed by atoms with Gasteiger partial charge in [0.15, 0.2) is 0 Å². The van der Waals surface area contributed by atoms with Crippen LogP contribution in [0.3, 0.4) is 0 Å². The first-order valence-electron chi connectivity index (χ1n) is 6.56. The van der Waals surface area contributed by atoms with Crippen LogP contribution in [0.5, 0.6) is 0 Å². The molecule has 2 N–H and O–H groups in total. The maximum absolute atomic E-state index is 11.4. The van der Waals surface area contributed by atoms with Crippen LogP contribution in [0.25, 0.3) is 0 Å². The molecule has 4 nitrogen and oxygen atoms in total. The molecule has 0 saturated heterocycles. The number of rotatable bonds is 7. The third-order valence-corrected chi connectivity index (χ3v) is 3.24. The second-order valence-corrected chi connectivity index (χ2v) is 4.94. The molecule has 106 valence electrons. The van der Waals surface area contributed by atoms with Gasteiger partial charge >= 0.3 is 5.97 Å². The zero-order valence-electron chi connectivity index (χ0n) is 11.8. The van der Waals surface area contributed by atoms with E-state index in [1.165, 1.54) is 7.11 Å². The zero-order valence-corrected chi connectivity index (χ0v) is 11.8. The van der Waals surface area contributed by atoms with E-state index < -0.39 is 0 Å². The second-order valence-electron chi connectivity index (χ2n) is 4.94. The predicted octanol–water partition coefficient (Wildman–Crippen LogP) is 1.51. The Morgan fingerprint density at radius 3 is 2.47 bits per heavy atom. The summed E-state index contributed by atoms with van der Waals surface area (Å²) in [6, 6.07) is 7.83. The Bertz CT molecular complexity index is 404. The van der Waals surface area contributed by atoms with Crippen LogP contribution in [-0.4, -0.2) is 30.8 Å². The summed E-state index contributed by atoms with van der Waals surface area (Å²) >= 11 is 0. The minimum atomic E-state index is -0.241. The van der Waals surface area contributed by atoms with Crippen molar-refractivity contribution in [3.05, 3.63) is 35.4 Å². The standard InChI is InChI=1S/C15H23NO3/c1-11(2)14(10-17)16-9-13-7-5-4-6-12(13)8-15(18)19-3/h4-7,11,14,16-17H,8-10H2,1-3H3. The van der Waals surface area contributed by atoms with Crippen molar-refractivity contribution in [3.63, 3.8) is 0 Å². The number of hydrogen-bond acceptors (Lipinski definition) is 4. The molecule has 0 amide bonds. The number of benzene rings is 1. The average Bonchev–Trinajstić information content (AvgIpc) is 2.40. The Morgan fingerprint density at radius 1 is 1.32 bits per heavy atom. The molecule has 0 aliphatic heterocycles. The van der Waals surface area contributed by atoms with Gasteiger partial charge in [0.1, 0.15) is 0 Å². The summed E-state index contributed by atoms with van der Waals surface area (Å²) in [6.07, 6.45) is 0.278. The maximum atomic E-state index is 11.4. The average molecular weight is 265 g/mol. The van der Waals surface area contributed by atoms with Gasteiger partial charge in [0.05, 0.1) is 20.1 Å². The van der Waals surface area contributed by atoms with E-state index in [2.05, 4.69) is 19.2 Å². The first-order valence-corrected chi connectivity index (χ1v) is 6.56. The van der Waals surface area contributed by atoms with Crippen LogP contribution in [0.2, 0.25) is 0 Å². The molecule has 0 heterocycles. The quantitative estimate of drug-likeness (QED) is 0.734. The first-order chi connectivity index (χ1) is 9.08. The highest BCUT2D eigenvalue weighted by atomic mass is 16.5. The SMILES string of the molecule is COC(=O)Cc1ccccc1CNC(CO)C(C)C. The van der Waals surface area contributed by atoms with Crippen LogP contribution in [0.15, 0.2) is 24.3 Å². The van der Waals surface area contributed by atoms with Crippen molar-refractivity contribution in [1.29, 1.82) is 0 Å². The van der Waals surface area contributed by atoms with Gasteiger partial charge in [0.2, 0.25) is 0 Å². The van der Waals surface area contributed by atoms with E-state index in [1.54, 1.807) is 0 Å². The molecule has 4 heteroatoms. The number of aliphatic hydroxyl groups is 1. The number of carbonyl (C=O) groups is 1. The number of esters is 1. The molecule has 0 saturated carbocycles. The van der Waals surface area contributed by atoms with Crippen molar-refractivity contribution < 1.29 is 14.6 Å². The monoisotopic (exact) mass is 265 g/mol. The molecule has 1 aromatic rings. The fourth-order valence-corrected chi connectivity index (χ4v) is 1.88. The Kier molecular flexibility index (Phi) is 6.53. The Hall–Kier alpha value is -1.39. The normalized spacial score (nSPS) is 12.5. The van der Waals surface area contributed by atoms with Gasteiger partial charge in [0, 0.05) is 12.6 Å². The van der Waals surface area contributed by atoms with Crippen molar-refractivity contribution in [3.8, 4) is 0 Å². The second kappa shape index (κ2) is 7.92. The maximum Gasteiger partial charge on any atom is 0.309 e.